The largest absolute Gasteiger partial charge is 0.463 e. The van der Waals surface area contributed by atoms with Crippen LogP contribution in [0.4, 0.5) is 10.7 Å². The van der Waals surface area contributed by atoms with Crippen LogP contribution in [0.1, 0.15) is 0 Å². The first-order chi connectivity index (χ1) is 10.8. The van der Waals surface area contributed by atoms with E-state index in [1.165, 1.54) is 7.11 Å². The summed E-state index contributed by atoms with van der Waals surface area (Å²) in [7, 11) is 1.33. The molecule has 0 aliphatic rings. The summed E-state index contributed by atoms with van der Waals surface area (Å²) in [6.45, 7) is 0.899. The number of ether oxygens (including phenoxy) is 1. The Morgan fingerprint density at radius 2 is 2.27 bits per heavy atom. The molecule has 0 saturated heterocycles. The van der Waals surface area contributed by atoms with E-state index in [0.29, 0.717) is 24.8 Å². The second-order valence-electron chi connectivity index (χ2n) is 4.35. The van der Waals surface area contributed by atoms with Gasteiger partial charge in [0.2, 0.25) is 5.95 Å². The van der Waals surface area contributed by atoms with Gasteiger partial charge < -0.3 is 19.8 Å². The molecular formula is C14H14N4O3S. The summed E-state index contributed by atoms with van der Waals surface area (Å²) in [4.78, 5) is 19.9. The number of carbonyl (C=O) groups is 1. The van der Waals surface area contributed by atoms with Gasteiger partial charge in [-0.3, -0.25) is 0 Å². The van der Waals surface area contributed by atoms with E-state index in [2.05, 4.69) is 25.3 Å². The summed E-state index contributed by atoms with van der Waals surface area (Å²) in [5, 5.41) is 7.63. The lowest BCUT2D eigenvalue weighted by Gasteiger charge is -2.07. The average molecular weight is 318 g/mol. The fourth-order valence-electron chi connectivity index (χ4n) is 1.93. The number of anilines is 1. The molecule has 114 valence electrons. The van der Waals surface area contributed by atoms with E-state index >= 15 is 0 Å². The third-order valence-corrected chi connectivity index (χ3v) is 3.83. The zero-order chi connectivity index (χ0) is 15.4. The highest BCUT2D eigenvalue weighted by Gasteiger charge is 2.13. The van der Waals surface area contributed by atoms with E-state index in [9.17, 15) is 4.79 Å². The third-order valence-electron chi connectivity index (χ3n) is 2.92. The number of nitrogens with zero attached hydrogens (tertiary/aromatic N) is 2. The van der Waals surface area contributed by atoms with Crippen molar-refractivity contribution >= 4 is 33.6 Å². The Hall–Kier alpha value is -2.61. The molecule has 0 fully saturated rings. The molecule has 3 aromatic rings. The van der Waals surface area contributed by atoms with Crippen molar-refractivity contribution in [3.63, 3.8) is 0 Å². The van der Waals surface area contributed by atoms with Crippen LogP contribution in [0.15, 0.2) is 34.3 Å². The van der Waals surface area contributed by atoms with Crippen LogP contribution in [0.5, 0.6) is 0 Å². The predicted octanol–water partition coefficient (Wildman–Crippen LogP) is 2.72. The van der Waals surface area contributed by atoms with Crippen LogP contribution in [0.3, 0.4) is 0 Å². The zero-order valence-electron chi connectivity index (χ0n) is 11.8. The van der Waals surface area contributed by atoms with Crippen molar-refractivity contribution in [2.75, 3.05) is 25.5 Å². The Labute approximate surface area is 130 Å². The lowest BCUT2D eigenvalue weighted by Crippen LogP contribution is -2.28. The van der Waals surface area contributed by atoms with E-state index in [0.717, 1.165) is 15.9 Å². The van der Waals surface area contributed by atoms with Crippen molar-refractivity contribution in [1.29, 1.82) is 0 Å². The molecule has 22 heavy (non-hydrogen) atoms. The zero-order valence-corrected chi connectivity index (χ0v) is 12.6. The van der Waals surface area contributed by atoms with Gasteiger partial charge >= 0.3 is 6.09 Å². The summed E-state index contributed by atoms with van der Waals surface area (Å²) in [6.07, 6.45) is 1.15. The van der Waals surface area contributed by atoms with E-state index in [1.54, 1.807) is 17.6 Å². The summed E-state index contributed by atoms with van der Waals surface area (Å²) in [6, 6.07) is 5.63. The molecule has 7 nitrogen and oxygen atoms in total. The van der Waals surface area contributed by atoms with Gasteiger partial charge in [0, 0.05) is 13.1 Å². The summed E-state index contributed by atoms with van der Waals surface area (Å²) < 4.78 is 10.9. The van der Waals surface area contributed by atoms with E-state index in [1.807, 2.05) is 23.6 Å². The van der Waals surface area contributed by atoms with Gasteiger partial charge in [0.15, 0.2) is 5.76 Å². The quantitative estimate of drug-likeness (QED) is 0.703. The fraction of sp³-hybridized carbons (Fsp3) is 0.214. The molecule has 2 N–H and O–H groups in total. The Balaban J connectivity index is 1.78. The number of furan rings is 1. The minimum Gasteiger partial charge on any atom is -0.463 e. The number of nitrogens with one attached hydrogen (secondary N) is 2. The highest BCUT2D eigenvalue weighted by Crippen LogP contribution is 2.31. The van der Waals surface area contributed by atoms with Gasteiger partial charge in [-0.15, -0.1) is 11.3 Å². The normalized spacial score (nSPS) is 10.6. The van der Waals surface area contributed by atoms with Crippen LogP contribution < -0.4 is 10.6 Å². The van der Waals surface area contributed by atoms with Gasteiger partial charge in [-0.2, -0.15) is 0 Å². The highest BCUT2D eigenvalue weighted by atomic mass is 32.1. The van der Waals surface area contributed by atoms with Crippen LogP contribution in [0.25, 0.3) is 21.7 Å². The van der Waals surface area contributed by atoms with Gasteiger partial charge in [0.1, 0.15) is 5.69 Å². The molecule has 3 heterocycles. The molecule has 1 amide bonds. The van der Waals surface area contributed by atoms with Gasteiger partial charge in [-0.1, -0.05) is 0 Å². The molecule has 0 radical (unpaired) electrons. The maximum absolute atomic E-state index is 11.0. The summed E-state index contributed by atoms with van der Waals surface area (Å²) >= 11 is 1.57. The van der Waals surface area contributed by atoms with Gasteiger partial charge in [0.05, 0.1) is 23.6 Å². The molecule has 0 aromatic carbocycles. The van der Waals surface area contributed by atoms with Crippen molar-refractivity contribution in [1.82, 2.24) is 15.3 Å². The third kappa shape index (κ3) is 3.01. The number of rotatable bonds is 5. The number of hydrogen-bond donors (Lipinski definition) is 2. The first-order valence-electron chi connectivity index (χ1n) is 6.63. The second kappa shape index (κ2) is 6.44. The van der Waals surface area contributed by atoms with Crippen molar-refractivity contribution in [2.24, 2.45) is 0 Å². The Kier molecular flexibility index (Phi) is 4.19. The molecule has 3 aromatic heterocycles. The number of amides is 1. The molecule has 0 saturated carbocycles. The van der Waals surface area contributed by atoms with E-state index < -0.39 is 6.09 Å². The minimum absolute atomic E-state index is 0.411. The van der Waals surface area contributed by atoms with Crippen LogP contribution in [-0.4, -0.2) is 36.3 Å². The van der Waals surface area contributed by atoms with Crippen molar-refractivity contribution in [2.45, 2.75) is 0 Å². The summed E-state index contributed by atoms with van der Waals surface area (Å²) in [5.74, 6) is 1.19. The monoisotopic (exact) mass is 318 g/mol. The Bertz CT molecular complexity index is 770. The first kappa shape index (κ1) is 14.3. The topological polar surface area (TPSA) is 89.3 Å². The maximum atomic E-state index is 11.0. The fourth-order valence-corrected chi connectivity index (χ4v) is 2.76. The number of fused-ring (bicyclic) bond motifs is 1. The summed E-state index contributed by atoms with van der Waals surface area (Å²) in [5.41, 5.74) is 1.61. The van der Waals surface area contributed by atoms with Gasteiger partial charge in [-0.05, 0) is 23.6 Å². The van der Waals surface area contributed by atoms with E-state index in [4.69, 9.17) is 4.42 Å². The molecular weight excluding hydrogens is 304 g/mol. The minimum atomic E-state index is -0.465. The average Bonchev–Trinajstić information content (AvgIpc) is 3.21. The van der Waals surface area contributed by atoms with Crippen molar-refractivity contribution < 1.29 is 13.9 Å². The van der Waals surface area contributed by atoms with Crippen molar-refractivity contribution in [3.8, 4) is 11.5 Å². The molecule has 3 rings (SSSR count). The highest BCUT2D eigenvalue weighted by molar-refractivity contribution is 7.17. The molecule has 0 atom stereocenters. The number of methoxy groups -OCH3 is 1. The smallest absolute Gasteiger partial charge is 0.406 e. The molecule has 0 unspecified atom stereocenters. The maximum Gasteiger partial charge on any atom is 0.406 e. The second-order valence-corrected chi connectivity index (χ2v) is 5.27. The molecule has 0 aliphatic carbocycles. The number of hydrogen-bond acceptors (Lipinski definition) is 7. The molecule has 8 heteroatoms. The van der Waals surface area contributed by atoms with Crippen LogP contribution >= 0.6 is 11.3 Å². The number of carbonyl (C=O) groups excluding carboxylic acids is 1. The van der Waals surface area contributed by atoms with Gasteiger partial charge in [-0.25, -0.2) is 14.8 Å². The molecule has 0 bridgehead atoms. The van der Waals surface area contributed by atoms with E-state index in [-0.39, 0.29) is 0 Å². The lowest BCUT2D eigenvalue weighted by atomic mass is 10.3. The van der Waals surface area contributed by atoms with Crippen LogP contribution in [0, 0.1) is 0 Å². The lowest BCUT2D eigenvalue weighted by molar-refractivity contribution is 0.171. The SMILES string of the molecule is COC(=O)NCCNc1nc(-c2ccco2)c2sccc2n1. The predicted molar refractivity (Wildman–Crippen MR) is 84.0 cm³/mol. The van der Waals surface area contributed by atoms with Crippen LogP contribution in [-0.2, 0) is 4.74 Å². The van der Waals surface area contributed by atoms with Crippen LogP contribution in [0.2, 0.25) is 0 Å². The molecule has 0 aliphatic heterocycles. The number of aromatic nitrogens is 2. The number of thiophene rings is 1. The van der Waals surface area contributed by atoms with Crippen molar-refractivity contribution in [3.05, 3.63) is 29.8 Å². The Morgan fingerprint density at radius 3 is 3.05 bits per heavy atom. The first-order valence-corrected chi connectivity index (χ1v) is 7.50. The van der Waals surface area contributed by atoms with Gasteiger partial charge in [0.25, 0.3) is 0 Å². The molecule has 0 spiro atoms. The number of alkyl carbamates (subject to hydrolysis) is 1. The standard InChI is InChI=1S/C14H14N4O3S/c1-20-14(19)16-6-5-15-13-17-9-4-8-22-12(9)11(18-13)10-3-2-7-21-10/h2-4,7-8H,5-6H2,1H3,(H,16,19)(H,15,17,18). The Morgan fingerprint density at radius 1 is 1.36 bits per heavy atom.